The largest absolute Gasteiger partial charge is 0.493 e. The van der Waals surface area contributed by atoms with Gasteiger partial charge < -0.3 is 14.4 Å². The second-order valence-electron chi connectivity index (χ2n) is 6.54. The highest BCUT2D eigenvalue weighted by molar-refractivity contribution is 6.30. The van der Waals surface area contributed by atoms with Gasteiger partial charge in [-0.2, -0.15) is 0 Å². The van der Waals surface area contributed by atoms with Crippen LogP contribution < -0.4 is 9.47 Å². The Morgan fingerprint density at radius 3 is 2.48 bits per heavy atom. The van der Waals surface area contributed by atoms with E-state index in [0.717, 1.165) is 44.2 Å². The van der Waals surface area contributed by atoms with Crippen LogP contribution in [0.5, 0.6) is 11.5 Å². The van der Waals surface area contributed by atoms with Gasteiger partial charge in [-0.25, -0.2) is 0 Å². The van der Waals surface area contributed by atoms with Crippen LogP contribution in [0.3, 0.4) is 0 Å². The maximum atomic E-state index is 12.4. The van der Waals surface area contributed by atoms with Gasteiger partial charge in [-0.1, -0.05) is 35.9 Å². The molecule has 0 saturated carbocycles. The van der Waals surface area contributed by atoms with Crippen LogP contribution in [-0.2, 0) is 11.2 Å². The van der Waals surface area contributed by atoms with Crippen molar-refractivity contribution in [2.75, 3.05) is 46.4 Å². The molecular weight excluding hydrogens is 364 g/mol. The number of ether oxygens (including phenoxy) is 2. The lowest BCUT2D eigenvalue weighted by Crippen LogP contribution is -2.50. The average molecular weight is 389 g/mol. The third-order valence-electron chi connectivity index (χ3n) is 4.75. The molecule has 0 spiro atoms. The maximum Gasteiger partial charge on any atom is 0.260 e. The molecule has 27 heavy (non-hydrogen) atoms. The second kappa shape index (κ2) is 9.62. The van der Waals surface area contributed by atoms with E-state index in [1.54, 1.807) is 13.2 Å². The van der Waals surface area contributed by atoms with Gasteiger partial charge in [-0.05, 0) is 36.2 Å². The molecule has 0 N–H and O–H groups in total. The predicted octanol–water partition coefficient (Wildman–Crippen LogP) is 3.11. The summed E-state index contributed by atoms with van der Waals surface area (Å²) in [5, 5.41) is 0.776. The number of rotatable bonds is 7. The molecule has 0 unspecified atom stereocenters. The van der Waals surface area contributed by atoms with Crippen molar-refractivity contribution in [1.29, 1.82) is 0 Å². The summed E-state index contributed by atoms with van der Waals surface area (Å²) < 4.78 is 10.9. The van der Waals surface area contributed by atoms with E-state index in [2.05, 4.69) is 11.0 Å². The minimum atomic E-state index is 0.00963. The van der Waals surface area contributed by atoms with Crippen molar-refractivity contribution in [3.8, 4) is 11.5 Å². The summed E-state index contributed by atoms with van der Waals surface area (Å²) in [7, 11) is 1.59. The van der Waals surface area contributed by atoms with Crippen LogP contribution in [0.15, 0.2) is 48.5 Å². The van der Waals surface area contributed by atoms with E-state index in [9.17, 15) is 4.79 Å². The van der Waals surface area contributed by atoms with Crippen molar-refractivity contribution in [2.45, 2.75) is 6.42 Å². The summed E-state index contributed by atoms with van der Waals surface area (Å²) in [6, 6.07) is 15.3. The van der Waals surface area contributed by atoms with Gasteiger partial charge in [0.25, 0.3) is 5.91 Å². The van der Waals surface area contributed by atoms with Crippen LogP contribution in [-0.4, -0.2) is 62.1 Å². The molecule has 144 valence electrons. The molecule has 6 heteroatoms. The van der Waals surface area contributed by atoms with E-state index in [4.69, 9.17) is 21.1 Å². The van der Waals surface area contributed by atoms with Gasteiger partial charge in [0.1, 0.15) is 0 Å². The Hall–Kier alpha value is -2.24. The van der Waals surface area contributed by atoms with Gasteiger partial charge in [0.05, 0.1) is 7.11 Å². The molecule has 0 radical (unpaired) electrons. The average Bonchev–Trinajstić information content (AvgIpc) is 2.71. The highest BCUT2D eigenvalue weighted by Crippen LogP contribution is 2.25. The first-order valence-electron chi connectivity index (χ1n) is 9.16. The van der Waals surface area contributed by atoms with Gasteiger partial charge in [0, 0.05) is 37.7 Å². The number of amides is 1. The zero-order chi connectivity index (χ0) is 19.1. The van der Waals surface area contributed by atoms with Crippen molar-refractivity contribution < 1.29 is 14.3 Å². The van der Waals surface area contributed by atoms with Gasteiger partial charge in [0.2, 0.25) is 0 Å². The Morgan fingerprint density at radius 2 is 1.78 bits per heavy atom. The molecule has 0 atom stereocenters. The fraction of sp³-hybridized carbons (Fsp3) is 0.381. The molecule has 1 aliphatic heterocycles. The molecule has 0 aromatic heterocycles. The molecular formula is C21H25ClN2O3. The number of methoxy groups -OCH3 is 1. The molecule has 3 rings (SSSR count). The number of para-hydroxylation sites is 2. The molecule has 0 aliphatic carbocycles. The number of halogens is 1. The standard InChI is InChI=1S/C21H25ClN2O3/c1-26-19-7-2-3-8-20(19)27-16-21(25)24-13-11-23(12-14-24)10-9-17-5-4-6-18(22)15-17/h2-8,15H,9-14,16H2,1H3. The summed E-state index contributed by atoms with van der Waals surface area (Å²) in [5.41, 5.74) is 1.24. The Labute approximate surface area is 165 Å². The SMILES string of the molecule is COc1ccccc1OCC(=O)N1CCN(CCc2cccc(Cl)c2)CC1. The first-order chi connectivity index (χ1) is 13.2. The number of hydrogen-bond donors (Lipinski definition) is 0. The van der Waals surface area contributed by atoms with Crippen LogP contribution in [0.4, 0.5) is 0 Å². The van der Waals surface area contributed by atoms with Crippen molar-refractivity contribution in [2.24, 2.45) is 0 Å². The maximum absolute atomic E-state index is 12.4. The van der Waals surface area contributed by atoms with Gasteiger partial charge in [-0.15, -0.1) is 0 Å². The Bertz CT molecular complexity index is 761. The number of hydrogen-bond acceptors (Lipinski definition) is 4. The summed E-state index contributed by atoms with van der Waals surface area (Å²) >= 11 is 6.04. The van der Waals surface area contributed by atoms with E-state index < -0.39 is 0 Å². The number of carbonyl (C=O) groups excluding carboxylic acids is 1. The molecule has 1 heterocycles. The highest BCUT2D eigenvalue weighted by Gasteiger charge is 2.21. The van der Waals surface area contributed by atoms with Crippen molar-refractivity contribution in [3.63, 3.8) is 0 Å². The summed E-state index contributed by atoms with van der Waals surface area (Å²) in [6.07, 6.45) is 0.964. The molecule has 1 aliphatic rings. The zero-order valence-electron chi connectivity index (χ0n) is 15.6. The smallest absolute Gasteiger partial charge is 0.260 e. The van der Waals surface area contributed by atoms with E-state index >= 15 is 0 Å². The second-order valence-corrected chi connectivity index (χ2v) is 6.98. The molecule has 2 aromatic carbocycles. The van der Waals surface area contributed by atoms with E-state index in [0.29, 0.717) is 11.5 Å². The van der Waals surface area contributed by atoms with Crippen LogP contribution in [0.1, 0.15) is 5.56 Å². The van der Waals surface area contributed by atoms with Gasteiger partial charge >= 0.3 is 0 Å². The van der Waals surface area contributed by atoms with Crippen LogP contribution in [0.25, 0.3) is 0 Å². The van der Waals surface area contributed by atoms with Gasteiger partial charge in [-0.3, -0.25) is 9.69 Å². The number of piperazine rings is 1. The van der Waals surface area contributed by atoms with E-state index in [-0.39, 0.29) is 12.5 Å². The number of benzene rings is 2. The van der Waals surface area contributed by atoms with E-state index in [1.807, 2.05) is 41.3 Å². The molecule has 1 fully saturated rings. The lowest BCUT2D eigenvalue weighted by atomic mass is 10.1. The predicted molar refractivity (Wildman–Crippen MR) is 107 cm³/mol. The van der Waals surface area contributed by atoms with Crippen LogP contribution in [0.2, 0.25) is 5.02 Å². The third-order valence-corrected chi connectivity index (χ3v) is 4.99. The van der Waals surface area contributed by atoms with Crippen molar-refractivity contribution in [3.05, 3.63) is 59.1 Å². The number of nitrogens with zero attached hydrogens (tertiary/aromatic N) is 2. The van der Waals surface area contributed by atoms with Crippen LogP contribution in [0, 0.1) is 0 Å². The summed E-state index contributed by atoms with van der Waals surface area (Å²) in [5.74, 6) is 1.24. The fourth-order valence-electron chi connectivity index (χ4n) is 3.17. The lowest BCUT2D eigenvalue weighted by molar-refractivity contribution is -0.135. The van der Waals surface area contributed by atoms with Crippen molar-refractivity contribution >= 4 is 17.5 Å². The quantitative estimate of drug-likeness (QED) is 0.730. The monoisotopic (exact) mass is 388 g/mol. The van der Waals surface area contributed by atoms with Gasteiger partial charge in [0.15, 0.2) is 18.1 Å². The topological polar surface area (TPSA) is 42.0 Å². The molecule has 2 aromatic rings. The highest BCUT2D eigenvalue weighted by atomic mass is 35.5. The Kier molecular flexibility index (Phi) is 6.96. The fourth-order valence-corrected chi connectivity index (χ4v) is 3.38. The summed E-state index contributed by atoms with van der Waals surface area (Å²) in [4.78, 5) is 16.7. The molecule has 5 nitrogen and oxygen atoms in total. The normalized spacial score (nSPS) is 14.8. The summed E-state index contributed by atoms with van der Waals surface area (Å²) in [6.45, 7) is 4.21. The Morgan fingerprint density at radius 1 is 1.04 bits per heavy atom. The zero-order valence-corrected chi connectivity index (χ0v) is 16.3. The van der Waals surface area contributed by atoms with Crippen molar-refractivity contribution in [1.82, 2.24) is 9.80 Å². The lowest BCUT2D eigenvalue weighted by Gasteiger charge is -2.34. The third kappa shape index (κ3) is 5.62. The minimum Gasteiger partial charge on any atom is -0.493 e. The Balaban J connectivity index is 1.41. The molecule has 1 amide bonds. The first-order valence-corrected chi connectivity index (χ1v) is 9.54. The van der Waals surface area contributed by atoms with E-state index in [1.165, 1.54) is 5.56 Å². The molecule has 1 saturated heterocycles. The minimum absolute atomic E-state index is 0.00963. The molecule has 0 bridgehead atoms. The first kappa shape index (κ1) is 19.5. The number of carbonyl (C=O) groups is 1. The van der Waals surface area contributed by atoms with Crippen LogP contribution >= 0.6 is 11.6 Å².